The second-order valence-corrected chi connectivity index (χ2v) is 4.86. The molecule has 0 saturated heterocycles. The van der Waals surface area contributed by atoms with Gasteiger partial charge in [-0.05, 0) is 26.7 Å². The van der Waals surface area contributed by atoms with Crippen molar-refractivity contribution in [2.24, 2.45) is 5.73 Å². The molecule has 6 nitrogen and oxygen atoms in total. The number of hydrogen-bond acceptors (Lipinski definition) is 4. The Morgan fingerprint density at radius 1 is 1.53 bits per heavy atom. The van der Waals surface area contributed by atoms with E-state index >= 15 is 0 Å². The Morgan fingerprint density at radius 3 is 2.88 bits per heavy atom. The number of aromatic nitrogens is 3. The minimum atomic E-state index is -0.280. The maximum absolute atomic E-state index is 11.4. The van der Waals surface area contributed by atoms with Crippen molar-refractivity contribution in [3.63, 3.8) is 0 Å². The summed E-state index contributed by atoms with van der Waals surface area (Å²) in [5.74, 6) is 0.0575. The summed E-state index contributed by atoms with van der Waals surface area (Å²) in [7, 11) is 0. The van der Waals surface area contributed by atoms with Gasteiger partial charge >= 0.3 is 0 Å². The van der Waals surface area contributed by atoms with Gasteiger partial charge < -0.3 is 11.1 Å². The van der Waals surface area contributed by atoms with E-state index in [4.69, 9.17) is 5.73 Å². The second kappa shape index (κ2) is 6.34. The number of carbonyl (C=O) groups is 1. The maximum atomic E-state index is 11.4. The van der Waals surface area contributed by atoms with E-state index in [9.17, 15) is 4.79 Å². The Bertz CT molecular complexity index is 328. The van der Waals surface area contributed by atoms with Crippen LogP contribution in [0.15, 0.2) is 12.4 Å². The van der Waals surface area contributed by atoms with Crippen LogP contribution in [0.3, 0.4) is 0 Å². The number of amides is 1. The van der Waals surface area contributed by atoms with Crippen LogP contribution in [0.4, 0.5) is 0 Å². The molecule has 0 unspecified atom stereocenters. The first-order valence-corrected chi connectivity index (χ1v) is 5.87. The largest absolute Gasteiger partial charge is 0.356 e. The van der Waals surface area contributed by atoms with Gasteiger partial charge in [-0.25, -0.2) is 0 Å². The lowest BCUT2D eigenvalue weighted by Crippen LogP contribution is -2.34. The van der Waals surface area contributed by atoms with Crippen molar-refractivity contribution in [1.82, 2.24) is 20.3 Å². The molecule has 0 aliphatic carbocycles. The molecular weight excluding hydrogens is 218 g/mol. The van der Waals surface area contributed by atoms with Gasteiger partial charge in [0.15, 0.2) is 0 Å². The molecule has 1 amide bonds. The van der Waals surface area contributed by atoms with Crippen LogP contribution >= 0.6 is 0 Å². The summed E-state index contributed by atoms with van der Waals surface area (Å²) in [6.45, 7) is 5.27. The zero-order chi connectivity index (χ0) is 12.7. The van der Waals surface area contributed by atoms with E-state index in [1.807, 2.05) is 13.8 Å². The molecule has 1 aromatic heterocycles. The summed E-state index contributed by atoms with van der Waals surface area (Å²) in [4.78, 5) is 11.4. The van der Waals surface area contributed by atoms with E-state index < -0.39 is 0 Å². The van der Waals surface area contributed by atoms with Crippen LogP contribution in [-0.2, 0) is 11.3 Å². The molecule has 96 valence electrons. The molecule has 0 fully saturated rings. The average molecular weight is 239 g/mol. The van der Waals surface area contributed by atoms with Crippen molar-refractivity contribution >= 4 is 5.91 Å². The number of aryl methyl sites for hydroxylation is 1. The first-order valence-electron chi connectivity index (χ1n) is 5.87. The van der Waals surface area contributed by atoms with E-state index in [-0.39, 0.29) is 11.4 Å². The number of rotatable bonds is 7. The predicted octanol–water partition coefficient (Wildman–Crippen LogP) is 0.302. The summed E-state index contributed by atoms with van der Waals surface area (Å²) >= 11 is 0. The summed E-state index contributed by atoms with van der Waals surface area (Å²) in [6.07, 6.45) is 5.47. The molecule has 6 heteroatoms. The van der Waals surface area contributed by atoms with Crippen LogP contribution in [0.1, 0.15) is 33.1 Å². The molecule has 0 saturated carbocycles. The number of hydrogen-bond donors (Lipinski definition) is 2. The van der Waals surface area contributed by atoms with Crippen molar-refractivity contribution in [2.75, 3.05) is 6.54 Å². The molecule has 0 spiro atoms. The molecular formula is C11H21N5O. The molecule has 3 N–H and O–H groups in total. The third-order valence-electron chi connectivity index (χ3n) is 2.35. The smallest absolute Gasteiger partial charge is 0.220 e. The zero-order valence-electron chi connectivity index (χ0n) is 10.5. The summed E-state index contributed by atoms with van der Waals surface area (Å²) in [5.41, 5.74) is 5.52. The highest BCUT2D eigenvalue weighted by Crippen LogP contribution is 2.06. The standard InChI is InChI=1S/C11H21N5O/c1-11(2,12)5-4-10(17)13-6-3-8-16-9-7-14-15-16/h7,9H,3-6,8,12H2,1-2H3,(H,13,17). The van der Waals surface area contributed by atoms with E-state index in [0.29, 0.717) is 19.4 Å². The van der Waals surface area contributed by atoms with Crippen LogP contribution in [-0.4, -0.2) is 33.0 Å². The van der Waals surface area contributed by atoms with Gasteiger partial charge in [-0.3, -0.25) is 9.48 Å². The Labute approximate surface area is 102 Å². The molecule has 0 aromatic carbocycles. The lowest BCUT2D eigenvalue weighted by molar-refractivity contribution is -0.121. The van der Waals surface area contributed by atoms with Crippen LogP contribution < -0.4 is 11.1 Å². The summed E-state index contributed by atoms with van der Waals surface area (Å²) in [6, 6.07) is 0. The van der Waals surface area contributed by atoms with Crippen LogP contribution in [0.5, 0.6) is 0 Å². The zero-order valence-corrected chi connectivity index (χ0v) is 10.5. The van der Waals surface area contributed by atoms with Crippen molar-refractivity contribution in [3.05, 3.63) is 12.4 Å². The SMILES string of the molecule is CC(C)(N)CCC(=O)NCCCn1ccnn1. The van der Waals surface area contributed by atoms with E-state index in [0.717, 1.165) is 13.0 Å². The van der Waals surface area contributed by atoms with Gasteiger partial charge in [-0.2, -0.15) is 0 Å². The lowest BCUT2D eigenvalue weighted by Gasteiger charge is -2.17. The predicted molar refractivity (Wildman–Crippen MR) is 65.1 cm³/mol. The number of carbonyl (C=O) groups excluding carboxylic acids is 1. The van der Waals surface area contributed by atoms with Crippen molar-refractivity contribution < 1.29 is 4.79 Å². The van der Waals surface area contributed by atoms with E-state index in [1.54, 1.807) is 17.1 Å². The molecule has 0 bridgehead atoms. The summed E-state index contributed by atoms with van der Waals surface area (Å²) in [5, 5.41) is 10.4. The van der Waals surface area contributed by atoms with Gasteiger partial charge in [-0.15, -0.1) is 5.10 Å². The lowest BCUT2D eigenvalue weighted by atomic mass is 10.00. The third kappa shape index (κ3) is 6.68. The van der Waals surface area contributed by atoms with Gasteiger partial charge in [0.1, 0.15) is 0 Å². The number of nitrogens with one attached hydrogen (secondary N) is 1. The minimum Gasteiger partial charge on any atom is -0.356 e. The first kappa shape index (κ1) is 13.6. The monoisotopic (exact) mass is 239 g/mol. The van der Waals surface area contributed by atoms with Crippen molar-refractivity contribution in [1.29, 1.82) is 0 Å². The average Bonchev–Trinajstić information content (AvgIpc) is 2.73. The van der Waals surface area contributed by atoms with Gasteiger partial charge in [0.25, 0.3) is 0 Å². The van der Waals surface area contributed by atoms with Crippen LogP contribution in [0, 0.1) is 0 Å². The Morgan fingerprint density at radius 2 is 2.29 bits per heavy atom. The topological polar surface area (TPSA) is 85.8 Å². The number of nitrogens with two attached hydrogens (primary N) is 1. The van der Waals surface area contributed by atoms with Crippen molar-refractivity contribution in [2.45, 2.75) is 45.2 Å². The third-order valence-corrected chi connectivity index (χ3v) is 2.35. The minimum absolute atomic E-state index is 0.0575. The molecule has 1 heterocycles. The molecule has 1 rings (SSSR count). The maximum Gasteiger partial charge on any atom is 0.220 e. The van der Waals surface area contributed by atoms with Gasteiger partial charge in [-0.1, -0.05) is 5.21 Å². The highest BCUT2D eigenvalue weighted by atomic mass is 16.1. The molecule has 0 aliphatic rings. The van der Waals surface area contributed by atoms with Crippen LogP contribution in [0.25, 0.3) is 0 Å². The highest BCUT2D eigenvalue weighted by Gasteiger charge is 2.12. The molecule has 17 heavy (non-hydrogen) atoms. The fourth-order valence-electron chi connectivity index (χ4n) is 1.34. The second-order valence-electron chi connectivity index (χ2n) is 4.86. The van der Waals surface area contributed by atoms with E-state index in [2.05, 4.69) is 15.6 Å². The Kier molecular flexibility index (Phi) is 5.09. The summed E-state index contributed by atoms with van der Waals surface area (Å²) < 4.78 is 1.75. The molecule has 0 aliphatic heterocycles. The quantitative estimate of drug-likeness (QED) is 0.670. The van der Waals surface area contributed by atoms with Crippen molar-refractivity contribution in [3.8, 4) is 0 Å². The van der Waals surface area contributed by atoms with Crippen LogP contribution in [0.2, 0.25) is 0 Å². The van der Waals surface area contributed by atoms with Gasteiger partial charge in [0.05, 0.1) is 6.20 Å². The highest BCUT2D eigenvalue weighted by molar-refractivity contribution is 5.75. The Hall–Kier alpha value is -1.43. The molecule has 1 aromatic rings. The normalized spacial score (nSPS) is 11.5. The molecule has 0 radical (unpaired) electrons. The number of nitrogens with zero attached hydrogens (tertiary/aromatic N) is 3. The Balaban J connectivity index is 2.04. The van der Waals surface area contributed by atoms with Gasteiger partial charge in [0.2, 0.25) is 5.91 Å². The van der Waals surface area contributed by atoms with Gasteiger partial charge in [0, 0.05) is 31.2 Å². The fourth-order valence-corrected chi connectivity index (χ4v) is 1.34. The fraction of sp³-hybridized carbons (Fsp3) is 0.727. The van der Waals surface area contributed by atoms with E-state index in [1.165, 1.54) is 0 Å². The molecule has 0 atom stereocenters. The first-order chi connectivity index (χ1) is 7.97.